The molecule has 14 heteroatoms. The summed E-state index contributed by atoms with van der Waals surface area (Å²) >= 11 is 0. The zero-order valence-corrected chi connectivity index (χ0v) is 21.2. The molecule has 0 bridgehead atoms. The van der Waals surface area contributed by atoms with E-state index in [1.54, 1.807) is 36.5 Å². The highest BCUT2D eigenvalue weighted by atomic mass is 32.2. The third-order valence-electron chi connectivity index (χ3n) is 5.09. The van der Waals surface area contributed by atoms with Crippen molar-refractivity contribution in [2.75, 3.05) is 5.75 Å². The van der Waals surface area contributed by atoms with Crippen molar-refractivity contribution in [2.45, 2.75) is 29.3 Å². The van der Waals surface area contributed by atoms with E-state index in [-0.39, 0.29) is 35.4 Å². The van der Waals surface area contributed by atoms with Crippen molar-refractivity contribution < 1.29 is 35.0 Å². The van der Waals surface area contributed by atoms with Crippen molar-refractivity contribution in [1.82, 2.24) is 20.0 Å². The Morgan fingerprint density at radius 3 is 2.45 bits per heavy atom. The predicted molar refractivity (Wildman–Crippen MR) is 133 cm³/mol. The first kappa shape index (κ1) is 27.3. The van der Waals surface area contributed by atoms with Crippen molar-refractivity contribution in [3.05, 3.63) is 89.9 Å². The van der Waals surface area contributed by atoms with Crippen LogP contribution in [0.4, 0.5) is 13.2 Å². The largest absolute Gasteiger partial charge is 0.487 e. The number of hydrogen-bond acceptors (Lipinski definition) is 8. The van der Waals surface area contributed by atoms with Crippen molar-refractivity contribution in [3.63, 3.8) is 0 Å². The SMILES string of the molecule is O=S(c1ccc(C=Cc2nc(COc3ccc(CS(=O)(=O)CCn4ccnn4)cc3)co2)cc1)C(F)(F)F. The lowest BCUT2D eigenvalue weighted by atomic mass is 10.2. The number of ether oxygens (including phenoxy) is 1. The van der Waals surface area contributed by atoms with Crippen LogP contribution in [0.25, 0.3) is 12.2 Å². The summed E-state index contributed by atoms with van der Waals surface area (Å²) in [5.41, 5.74) is -3.11. The number of hydrogen-bond donors (Lipinski definition) is 0. The minimum absolute atomic E-state index is 0.0537. The van der Waals surface area contributed by atoms with Gasteiger partial charge in [-0.3, -0.25) is 4.68 Å². The standard InChI is InChI=1S/C24H21F3N4O5S2/c25-24(26,27)37(32)22-8-3-18(4-9-22)5-10-23-29-20(16-36-23)15-35-21-6-1-19(2-7-21)17-38(33,34)14-13-31-12-11-28-30-31/h1-12,16H,13-15,17H2. The summed E-state index contributed by atoms with van der Waals surface area (Å²) in [7, 11) is -6.41. The van der Waals surface area contributed by atoms with Gasteiger partial charge in [0, 0.05) is 17.2 Å². The molecule has 0 aliphatic heterocycles. The number of aryl methyl sites for hydroxylation is 1. The minimum atomic E-state index is -4.81. The minimum Gasteiger partial charge on any atom is -0.487 e. The van der Waals surface area contributed by atoms with Crippen molar-refractivity contribution in [3.8, 4) is 5.75 Å². The first-order valence-corrected chi connectivity index (χ1v) is 14.0. The van der Waals surface area contributed by atoms with Crippen molar-refractivity contribution in [2.24, 2.45) is 0 Å². The van der Waals surface area contributed by atoms with Crippen LogP contribution in [-0.4, -0.2) is 43.9 Å². The van der Waals surface area contributed by atoms with E-state index < -0.39 is 26.1 Å². The Bertz CT molecular complexity index is 1500. The van der Waals surface area contributed by atoms with Gasteiger partial charge in [0.05, 0.1) is 24.2 Å². The molecule has 0 aliphatic rings. The maximum absolute atomic E-state index is 12.6. The summed E-state index contributed by atoms with van der Waals surface area (Å²) in [5, 5.41) is 7.40. The van der Waals surface area contributed by atoms with E-state index in [0.717, 1.165) is 12.1 Å². The van der Waals surface area contributed by atoms with E-state index in [0.29, 0.717) is 22.6 Å². The average Bonchev–Trinajstić information content (AvgIpc) is 3.57. The maximum atomic E-state index is 12.6. The Hall–Kier alpha value is -3.78. The molecule has 0 saturated heterocycles. The molecule has 9 nitrogen and oxygen atoms in total. The first-order valence-electron chi connectivity index (χ1n) is 11.0. The number of nitrogens with zero attached hydrogens (tertiary/aromatic N) is 4. The molecule has 2 aromatic heterocycles. The van der Waals surface area contributed by atoms with E-state index in [4.69, 9.17) is 9.15 Å². The summed E-state index contributed by atoms with van der Waals surface area (Å²) < 4.78 is 86.2. The number of oxazole rings is 1. The molecule has 1 atom stereocenters. The van der Waals surface area contributed by atoms with Gasteiger partial charge < -0.3 is 9.15 Å². The van der Waals surface area contributed by atoms with Crippen LogP contribution < -0.4 is 4.74 Å². The number of sulfone groups is 1. The van der Waals surface area contributed by atoms with Gasteiger partial charge in [-0.2, -0.15) is 13.2 Å². The Balaban J connectivity index is 1.26. The number of benzene rings is 2. The van der Waals surface area contributed by atoms with Crippen LogP contribution in [0, 0.1) is 0 Å². The van der Waals surface area contributed by atoms with E-state index in [9.17, 15) is 25.8 Å². The average molecular weight is 567 g/mol. The van der Waals surface area contributed by atoms with Crippen LogP contribution in [-0.2, 0) is 39.5 Å². The molecule has 2 heterocycles. The zero-order valence-electron chi connectivity index (χ0n) is 19.6. The van der Waals surface area contributed by atoms with Crippen LogP contribution >= 0.6 is 0 Å². The van der Waals surface area contributed by atoms with Crippen LogP contribution in [0.5, 0.6) is 5.75 Å². The third kappa shape index (κ3) is 7.86. The Morgan fingerprint density at radius 1 is 1.05 bits per heavy atom. The summed E-state index contributed by atoms with van der Waals surface area (Å²) in [4.78, 5) is 3.93. The lowest BCUT2D eigenvalue weighted by Gasteiger charge is -2.07. The zero-order chi connectivity index (χ0) is 27.2. The molecule has 0 radical (unpaired) electrons. The van der Waals surface area contributed by atoms with Gasteiger partial charge in [0.25, 0.3) is 0 Å². The number of alkyl halides is 3. The molecule has 4 aromatic rings. The molecule has 4 rings (SSSR count). The molecular formula is C24H21F3N4O5S2. The monoisotopic (exact) mass is 566 g/mol. The van der Waals surface area contributed by atoms with Gasteiger partial charge >= 0.3 is 5.51 Å². The number of aromatic nitrogens is 4. The quantitative estimate of drug-likeness (QED) is 0.264. The fourth-order valence-corrected chi connectivity index (χ4v) is 5.18. The van der Waals surface area contributed by atoms with Gasteiger partial charge in [0.1, 0.15) is 24.3 Å². The van der Waals surface area contributed by atoms with Gasteiger partial charge in [-0.05, 0) is 41.5 Å². The van der Waals surface area contributed by atoms with E-state index >= 15 is 0 Å². The van der Waals surface area contributed by atoms with E-state index in [1.165, 1.54) is 35.4 Å². The van der Waals surface area contributed by atoms with Gasteiger partial charge in [0.15, 0.2) is 20.6 Å². The van der Waals surface area contributed by atoms with Crippen LogP contribution in [0.15, 0.2) is 76.5 Å². The summed E-state index contributed by atoms with van der Waals surface area (Å²) in [6, 6.07) is 11.8. The smallest absolute Gasteiger partial charge is 0.475 e. The molecule has 200 valence electrons. The van der Waals surface area contributed by atoms with Gasteiger partial charge in [-0.25, -0.2) is 17.6 Å². The highest BCUT2D eigenvalue weighted by Crippen LogP contribution is 2.26. The molecule has 0 N–H and O–H groups in total. The second-order valence-electron chi connectivity index (χ2n) is 7.98. The summed E-state index contributed by atoms with van der Waals surface area (Å²) in [5.74, 6) is 0.620. The molecule has 0 saturated carbocycles. The molecule has 0 amide bonds. The van der Waals surface area contributed by atoms with Gasteiger partial charge in [-0.15, -0.1) is 5.10 Å². The second-order valence-corrected chi connectivity index (χ2v) is 11.6. The number of halogens is 3. The van der Waals surface area contributed by atoms with Crippen molar-refractivity contribution >= 4 is 32.8 Å². The van der Waals surface area contributed by atoms with Crippen LogP contribution in [0.3, 0.4) is 0 Å². The molecule has 1 unspecified atom stereocenters. The summed E-state index contributed by atoms with van der Waals surface area (Å²) in [6.07, 6.45) is 7.63. The molecule has 2 aromatic carbocycles. The van der Waals surface area contributed by atoms with E-state index in [1.807, 2.05) is 0 Å². The Kier molecular flexibility index (Phi) is 8.42. The normalized spacial score (nSPS) is 13.1. The molecule has 0 fully saturated rings. The summed E-state index contributed by atoms with van der Waals surface area (Å²) in [6.45, 7) is 0.333. The molecule has 0 aliphatic carbocycles. The first-order chi connectivity index (χ1) is 18.1. The molecule has 38 heavy (non-hydrogen) atoms. The maximum Gasteiger partial charge on any atom is 0.475 e. The highest BCUT2D eigenvalue weighted by Gasteiger charge is 2.37. The fraction of sp³-hybridized carbons (Fsp3) is 0.208. The second kappa shape index (κ2) is 11.7. The van der Waals surface area contributed by atoms with Crippen LogP contribution in [0.1, 0.15) is 22.7 Å². The number of rotatable bonds is 11. The van der Waals surface area contributed by atoms with E-state index in [2.05, 4.69) is 15.3 Å². The van der Waals surface area contributed by atoms with Crippen LogP contribution in [0.2, 0.25) is 0 Å². The fourth-order valence-electron chi connectivity index (χ4n) is 3.22. The lowest BCUT2D eigenvalue weighted by molar-refractivity contribution is -0.0384. The van der Waals surface area contributed by atoms with Gasteiger partial charge in [0.2, 0.25) is 5.89 Å². The Morgan fingerprint density at radius 2 is 1.79 bits per heavy atom. The molecular weight excluding hydrogens is 545 g/mol. The lowest BCUT2D eigenvalue weighted by Crippen LogP contribution is -2.16. The Labute approximate surface area is 218 Å². The third-order valence-corrected chi connectivity index (χ3v) is 7.79. The highest BCUT2D eigenvalue weighted by molar-refractivity contribution is 7.90. The molecule has 0 spiro atoms. The predicted octanol–water partition coefficient (Wildman–Crippen LogP) is 4.26. The van der Waals surface area contributed by atoms with Gasteiger partial charge in [-0.1, -0.05) is 29.5 Å². The topological polar surface area (TPSA) is 117 Å². The van der Waals surface area contributed by atoms with Crippen molar-refractivity contribution in [1.29, 1.82) is 0 Å².